The molecule has 7 nitrogen and oxygen atoms in total. The van der Waals surface area contributed by atoms with E-state index in [1.165, 1.54) is 7.11 Å². The number of carboxylic acid groups (broad SMARTS) is 1. The van der Waals surface area contributed by atoms with Crippen molar-refractivity contribution >= 4 is 22.0 Å². The Hall–Kier alpha value is -1.15. The second kappa shape index (κ2) is 6.31. The molecule has 1 aliphatic heterocycles. The molecule has 120 valence electrons. The molecule has 2 fully saturated rings. The number of rotatable bonds is 4. The predicted molar refractivity (Wildman–Crippen MR) is 74.0 cm³/mol. The van der Waals surface area contributed by atoms with Crippen LogP contribution in [0.1, 0.15) is 38.5 Å². The van der Waals surface area contributed by atoms with E-state index < -0.39 is 39.2 Å². The summed E-state index contributed by atoms with van der Waals surface area (Å²) in [6.07, 6.45) is 3.22. The second-order valence-electron chi connectivity index (χ2n) is 5.60. The molecular weight excluding hydrogens is 298 g/mol. The van der Waals surface area contributed by atoms with Gasteiger partial charge in [-0.05, 0) is 25.7 Å². The third-order valence-electron chi connectivity index (χ3n) is 4.40. The standard InChI is InChI=1S/C13H21NO6S/c1-20-13(17)9-5-2-3-7-11(9)21(18,19)14-8-4-6-10(14)12(15)16/h9-11H,2-8H2,1H3,(H,15,16)/t9?,10-,11?/m1/s1. The predicted octanol–water partition coefficient (Wildman–Crippen LogP) is 0.597. The zero-order valence-electron chi connectivity index (χ0n) is 12.0. The van der Waals surface area contributed by atoms with Crippen LogP contribution < -0.4 is 0 Å². The maximum atomic E-state index is 12.8. The molecule has 2 unspecified atom stereocenters. The highest BCUT2D eigenvalue weighted by Gasteiger charge is 2.47. The third-order valence-corrected chi connectivity index (χ3v) is 6.82. The summed E-state index contributed by atoms with van der Waals surface area (Å²) in [5.41, 5.74) is 0. The summed E-state index contributed by atoms with van der Waals surface area (Å²) in [5.74, 6) is -2.33. The Morgan fingerprint density at radius 2 is 1.81 bits per heavy atom. The quantitative estimate of drug-likeness (QED) is 0.761. The van der Waals surface area contributed by atoms with Gasteiger partial charge in [0.15, 0.2) is 0 Å². The van der Waals surface area contributed by atoms with Crippen LogP contribution in [0.2, 0.25) is 0 Å². The number of esters is 1. The normalized spacial score (nSPS) is 31.0. The minimum atomic E-state index is -3.81. The molecule has 0 amide bonds. The van der Waals surface area contributed by atoms with Gasteiger partial charge in [-0.3, -0.25) is 9.59 Å². The number of carbonyl (C=O) groups is 2. The van der Waals surface area contributed by atoms with Gasteiger partial charge >= 0.3 is 11.9 Å². The summed E-state index contributed by atoms with van der Waals surface area (Å²) in [6.45, 7) is 0.212. The molecule has 0 aromatic carbocycles. The van der Waals surface area contributed by atoms with Crippen molar-refractivity contribution in [3.8, 4) is 0 Å². The van der Waals surface area contributed by atoms with Gasteiger partial charge in [-0.15, -0.1) is 0 Å². The number of nitrogens with zero attached hydrogens (tertiary/aromatic N) is 1. The summed E-state index contributed by atoms with van der Waals surface area (Å²) in [6, 6.07) is -1.00. The Bertz CT molecular complexity index is 517. The number of hydrogen-bond acceptors (Lipinski definition) is 5. The van der Waals surface area contributed by atoms with E-state index in [9.17, 15) is 18.0 Å². The average molecular weight is 319 g/mol. The number of aliphatic carboxylic acids is 1. The van der Waals surface area contributed by atoms with Crippen LogP contribution in [0.4, 0.5) is 0 Å². The first kappa shape index (κ1) is 16.2. The van der Waals surface area contributed by atoms with E-state index in [4.69, 9.17) is 9.84 Å². The lowest BCUT2D eigenvalue weighted by Crippen LogP contribution is -2.49. The van der Waals surface area contributed by atoms with E-state index in [1.807, 2.05) is 0 Å². The first-order valence-corrected chi connectivity index (χ1v) is 8.71. The van der Waals surface area contributed by atoms with Gasteiger partial charge < -0.3 is 9.84 Å². The number of methoxy groups -OCH3 is 1. The zero-order valence-corrected chi connectivity index (χ0v) is 12.8. The molecular formula is C13H21NO6S. The van der Waals surface area contributed by atoms with Gasteiger partial charge in [-0.2, -0.15) is 4.31 Å². The SMILES string of the molecule is COC(=O)C1CCCCC1S(=O)(=O)N1CCC[C@@H]1C(=O)O. The van der Waals surface area contributed by atoms with Crippen LogP contribution in [-0.2, 0) is 24.3 Å². The number of ether oxygens (including phenoxy) is 1. The first-order chi connectivity index (χ1) is 9.89. The van der Waals surface area contributed by atoms with Crippen molar-refractivity contribution in [1.82, 2.24) is 4.31 Å². The maximum absolute atomic E-state index is 12.8. The Labute approximate surface area is 124 Å². The van der Waals surface area contributed by atoms with Crippen LogP contribution in [0.15, 0.2) is 0 Å². The fourth-order valence-corrected chi connectivity index (χ4v) is 5.75. The molecule has 1 saturated heterocycles. The number of sulfonamides is 1. The molecule has 0 aromatic heterocycles. The summed E-state index contributed by atoms with van der Waals surface area (Å²) in [7, 11) is -2.56. The average Bonchev–Trinajstić information content (AvgIpc) is 2.97. The van der Waals surface area contributed by atoms with Crippen molar-refractivity contribution in [1.29, 1.82) is 0 Å². The lowest BCUT2D eigenvalue weighted by Gasteiger charge is -2.33. The molecule has 1 heterocycles. The number of carboxylic acids is 1. The van der Waals surface area contributed by atoms with E-state index in [2.05, 4.69) is 0 Å². The minimum absolute atomic E-state index is 0.212. The van der Waals surface area contributed by atoms with Crippen LogP contribution in [0, 0.1) is 5.92 Å². The molecule has 3 atom stereocenters. The van der Waals surface area contributed by atoms with Gasteiger partial charge in [0.2, 0.25) is 10.0 Å². The molecule has 0 radical (unpaired) electrons. The largest absolute Gasteiger partial charge is 0.480 e. The first-order valence-electron chi connectivity index (χ1n) is 7.21. The number of carbonyl (C=O) groups excluding carboxylic acids is 1. The molecule has 1 N–H and O–H groups in total. The molecule has 2 rings (SSSR count). The topological polar surface area (TPSA) is 101 Å². The summed E-state index contributed by atoms with van der Waals surface area (Å²) >= 11 is 0. The van der Waals surface area contributed by atoms with E-state index in [0.29, 0.717) is 25.7 Å². The molecule has 8 heteroatoms. The Balaban J connectivity index is 2.28. The smallest absolute Gasteiger partial charge is 0.322 e. The third kappa shape index (κ3) is 3.06. The highest BCUT2D eigenvalue weighted by atomic mass is 32.2. The Morgan fingerprint density at radius 3 is 2.43 bits per heavy atom. The molecule has 0 aromatic rings. The monoisotopic (exact) mass is 319 g/mol. The molecule has 1 aliphatic carbocycles. The van der Waals surface area contributed by atoms with Gasteiger partial charge in [-0.1, -0.05) is 12.8 Å². The van der Waals surface area contributed by atoms with Gasteiger partial charge in [0.25, 0.3) is 0 Å². The van der Waals surface area contributed by atoms with Crippen molar-refractivity contribution < 1.29 is 27.9 Å². The van der Waals surface area contributed by atoms with Crippen LogP contribution in [-0.4, -0.2) is 54.7 Å². The molecule has 0 bridgehead atoms. The second-order valence-corrected chi connectivity index (χ2v) is 7.71. The molecule has 2 aliphatic rings. The van der Waals surface area contributed by atoms with Crippen LogP contribution in [0.25, 0.3) is 0 Å². The van der Waals surface area contributed by atoms with Gasteiger partial charge in [0.1, 0.15) is 6.04 Å². The lowest BCUT2D eigenvalue weighted by molar-refractivity contribution is -0.146. The Kier molecular flexibility index (Phi) is 4.88. The van der Waals surface area contributed by atoms with E-state index in [0.717, 1.165) is 17.1 Å². The fourth-order valence-electron chi connectivity index (χ4n) is 3.34. The highest BCUT2D eigenvalue weighted by Crippen LogP contribution is 2.35. The van der Waals surface area contributed by atoms with E-state index >= 15 is 0 Å². The Morgan fingerprint density at radius 1 is 1.14 bits per heavy atom. The van der Waals surface area contributed by atoms with Crippen molar-refractivity contribution in [2.75, 3.05) is 13.7 Å². The van der Waals surface area contributed by atoms with Gasteiger partial charge in [-0.25, -0.2) is 8.42 Å². The van der Waals surface area contributed by atoms with Crippen LogP contribution in [0.3, 0.4) is 0 Å². The van der Waals surface area contributed by atoms with Crippen molar-refractivity contribution in [2.24, 2.45) is 5.92 Å². The van der Waals surface area contributed by atoms with Crippen LogP contribution >= 0.6 is 0 Å². The van der Waals surface area contributed by atoms with Crippen molar-refractivity contribution in [2.45, 2.75) is 49.8 Å². The molecule has 1 saturated carbocycles. The van der Waals surface area contributed by atoms with Crippen LogP contribution in [0.5, 0.6) is 0 Å². The fraction of sp³-hybridized carbons (Fsp3) is 0.846. The maximum Gasteiger partial charge on any atom is 0.322 e. The minimum Gasteiger partial charge on any atom is -0.480 e. The molecule has 21 heavy (non-hydrogen) atoms. The van der Waals surface area contributed by atoms with E-state index in [1.54, 1.807) is 0 Å². The van der Waals surface area contributed by atoms with Gasteiger partial charge in [0, 0.05) is 6.54 Å². The van der Waals surface area contributed by atoms with Gasteiger partial charge in [0.05, 0.1) is 18.3 Å². The molecule has 0 spiro atoms. The summed E-state index contributed by atoms with van der Waals surface area (Å²) < 4.78 is 31.4. The van der Waals surface area contributed by atoms with Crippen molar-refractivity contribution in [3.63, 3.8) is 0 Å². The lowest BCUT2D eigenvalue weighted by atomic mass is 9.89. The summed E-state index contributed by atoms with van der Waals surface area (Å²) in [4.78, 5) is 23.0. The van der Waals surface area contributed by atoms with E-state index in [-0.39, 0.29) is 6.54 Å². The highest BCUT2D eigenvalue weighted by molar-refractivity contribution is 7.89. The number of hydrogen-bond donors (Lipinski definition) is 1. The summed E-state index contributed by atoms with van der Waals surface area (Å²) in [5, 5.41) is 8.31. The zero-order chi connectivity index (χ0) is 15.6. The van der Waals surface area contributed by atoms with Crippen molar-refractivity contribution in [3.05, 3.63) is 0 Å².